The normalized spacial score (nSPS) is 14.5. The predicted octanol–water partition coefficient (Wildman–Crippen LogP) is 0.866. The second-order valence-electron chi connectivity index (χ2n) is 3.18. The van der Waals surface area contributed by atoms with Gasteiger partial charge in [-0.05, 0) is 30.2 Å². The Morgan fingerprint density at radius 3 is 3.07 bits per heavy atom. The number of ether oxygens (including phenoxy) is 1. The van der Waals surface area contributed by atoms with Crippen LogP contribution in [0.15, 0.2) is 18.2 Å². The lowest BCUT2D eigenvalue weighted by Gasteiger charge is -2.17. The highest BCUT2D eigenvalue weighted by Gasteiger charge is 2.14. The van der Waals surface area contributed by atoms with Gasteiger partial charge in [0.2, 0.25) is 5.91 Å². The lowest BCUT2D eigenvalue weighted by molar-refractivity contribution is -0.116. The second kappa shape index (κ2) is 3.67. The third kappa shape index (κ3) is 1.70. The van der Waals surface area contributed by atoms with Crippen molar-refractivity contribution in [1.82, 2.24) is 0 Å². The Labute approximate surface area is 82.1 Å². The molecule has 2 rings (SSSR count). The van der Waals surface area contributed by atoms with Gasteiger partial charge in [-0.1, -0.05) is 0 Å². The van der Waals surface area contributed by atoms with E-state index in [1.54, 1.807) is 6.07 Å². The van der Waals surface area contributed by atoms with Gasteiger partial charge in [-0.15, -0.1) is 0 Å². The van der Waals surface area contributed by atoms with Gasteiger partial charge in [0.15, 0.2) is 0 Å². The summed E-state index contributed by atoms with van der Waals surface area (Å²) in [5, 5.41) is 2.80. The van der Waals surface area contributed by atoms with Crippen molar-refractivity contribution in [2.75, 3.05) is 12.0 Å². The van der Waals surface area contributed by atoms with Gasteiger partial charge in [-0.3, -0.25) is 10.5 Å². The van der Waals surface area contributed by atoms with Gasteiger partial charge in [-0.25, -0.2) is 0 Å². The Hall–Kier alpha value is -1.55. The molecule has 0 radical (unpaired) electrons. The fraction of sp³-hybridized carbons (Fsp3) is 0.300. The summed E-state index contributed by atoms with van der Waals surface area (Å²) in [6.07, 6.45) is 1.31. The third-order valence-corrected chi connectivity index (χ3v) is 2.22. The Bertz CT molecular complexity index is 363. The Balaban J connectivity index is 2.26. The fourth-order valence-corrected chi connectivity index (χ4v) is 1.55. The van der Waals surface area contributed by atoms with Crippen molar-refractivity contribution < 1.29 is 9.53 Å². The zero-order valence-electron chi connectivity index (χ0n) is 7.75. The van der Waals surface area contributed by atoms with E-state index >= 15 is 0 Å². The van der Waals surface area contributed by atoms with Crippen LogP contribution < -0.4 is 15.8 Å². The molecule has 0 atom stereocenters. The van der Waals surface area contributed by atoms with Crippen LogP contribution in [-0.2, 0) is 11.2 Å². The van der Waals surface area contributed by atoms with Crippen LogP contribution in [-0.4, -0.2) is 12.6 Å². The van der Waals surface area contributed by atoms with E-state index in [9.17, 15) is 4.79 Å². The second-order valence-corrected chi connectivity index (χ2v) is 3.18. The number of nitrogens with two attached hydrogens (primary N) is 1. The zero-order valence-corrected chi connectivity index (χ0v) is 7.75. The van der Waals surface area contributed by atoms with E-state index in [-0.39, 0.29) is 12.6 Å². The highest BCUT2D eigenvalue weighted by atomic mass is 16.5. The highest BCUT2D eigenvalue weighted by molar-refractivity contribution is 5.93. The first kappa shape index (κ1) is 9.02. The maximum Gasteiger partial charge on any atom is 0.224 e. The molecule has 0 saturated heterocycles. The highest BCUT2D eigenvalue weighted by Crippen LogP contribution is 2.26. The van der Waals surface area contributed by atoms with Crippen molar-refractivity contribution in [3.8, 4) is 5.75 Å². The number of rotatable bonds is 2. The molecule has 0 unspecified atom stereocenters. The standard InChI is InChI=1S/C10H12N2O2/c11-6-14-8-2-3-9-7(5-8)1-4-10(13)12-9/h2-3,5H,1,4,6,11H2,(H,12,13). The molecular weight excluding hydrogens is 180 g/mol. The number of nitrogens with one attached hydrogen (secondary N) is 1. The molecule has 14 heavy (non-hydrogen) atoms. The Morgan fingerprint density at radius 2 is 2.29 bits per heavy atom. The topological polar surface area (TPSA) is 64.3 Å². The SMILES string of the molecule is NCOc1ccc2c(c1)CCC(=O)N2. The summed E-state index contributed by atoms with van der Waals surface area (Å²) in [5.74, 6) is 0.826. The Kier molecular flexibility index (Phi) is 2.37. The van der Waals surface area contributed by atoms with Gasteiger partial charge in [0.1, 0.15) is 12.5 Å². The zero-order chi connectivity index (χ0) is 9.97. The number of hydrogen-bond donors (Lipinski definition) is 2. The molecule has 1 amide bonds. The van der Waals surface area contributed by atoms with Gasteiger partial charge in [-0.2, -0.15) is 0 Å². The quantitative estimate of drug-likeness (QED) is 0.683. The van der Waals surface area contributed by atoms with E-state index in [1.165, 1.54) is 0 Å². The minimum atomic E-state index is 0.0741. The molecule has 74 valence electrons. The van der Waals surface area contributed by atoms with E-state index in [0.717, 1.165) is 23.4 Å². The van der Waals surface area contributed by atoms with Crippen molar-refractivity contribution >= 4 is 11.6 Å². The number of amides is 1. The average molecular weight is 192 g/mol. The maximum absolute atomic E-state index is 11.1. The molecule has 0 fully saturated rings. The van der Waals surface area contributed by atoms with Crippen LogP contribution in [0.1, 0.15) is 12.0 Å². The average Bonchev–Trinajstić information content (AvgIpc) is 2.19. The van der Waals surface area contributed by atoms with Crippen molar-refractivity contribution in [3.05, 3.63) is 23.8 Å². The summed E-state index contributed by atoms with van der Waals surface area (Å²) in [7, 11) is 0. The molecule has 1 heterocycles. The fourth-order valence-electron chi connectivity index (χ4n) is 1.55. The molecule has 0 bridgehead atoms. The van der Waals surface area contributed by atoms with E-state index in [2.05, 4.69) is 5.32 Å². The van der Waals surface area contributed by atoms with Crippen LogP contribution in [0.3, 0.4) is 0 Å². The third-order valence-electron chi connectivity index (χ3n) is 2.22. The molecule has 1 aliphatic heterocycles. The van der Waals surface area contributed by atoms with Crippen LogP contribution in [0.25, 0.3) is 0 Å². The molecule has 0 aliphatic carbocycles. The molecule has 0 aromatic heterocycles. The number of aryl methyl sites for hydroxylation is 1. The summed E-state index contributed by atoms with van der Waals surface area (Å²) >= 11 is 0. The van der Waals surface area contributed by atoms with Crippen LogP contribution >= 0.6 is 0 Å². The van der Waals surface area contributed by atoms with Crippen LogP contribution in [0.4, 0.5) is 5.69 Å². The van der Waals surface area contributed by atoms with E-state index in [1.807, 2.05) is 12.1 Å². The summed E-state index contributed by atoms with van der Waals surface area (Å²) in [5.41, 5.74) is 7.25. The van der Waals surface area contributed by atoms with E-state index < -0.39 is 0 Å². The van der Waals surface area contributed by atoms with Crippen molar-refractivity contribution in [1.29, 1.82) is 0 Å². The minimum absolute atomic E-state index is 0.0741. The lowest BCUT2D eigenvalue weighted by Crippen LogP contribution is -2.19. The predicted molar refractivity (Wildman–Crippen MR) is 53.1 cm³/mol. The van der Waals surface area contributed by atoms with E-state index in [4.69, 9.17) is 10.5 Å². The smallest absolute Gasteiger partial charge is 0.224 e. The molecule has 4 heteroatoms. The number of hydrogen-bond acceptors (Lipinski definition) is 3. The Morgan fingerprint density at radius 1 is 1.43 bits per heavy atom. The van der Waals surface area contributed by atoms with Crippen molar-refractivity contribution in [2.24, 2.45) is 5.73 Å². The monoisotopic (exact) mass is 192 g/mol. The summed E-state index contributed by atoms with van der Waals surface area (Å²) in [6, 6.07) is 5.57. The van der Waals surface area contributed by atoms with E-state index in [0.29, 0.717) is 6.42 Å². The van der Waals surface area contributed by atoms with Gasteiger partial charge < -0.3 is 10.1 Å². The molecule has 4 nitrogen and oxygen atoms in total. The molecule has 1 aromatic carbocycles. The molecule has 1 aliphatic rings. The van der Waals surface area contributed by atoms with Gasteiger partial charge >= 0.3 is 0 Å². The molecular formula is C10H12N2O2. The number of carbonyl (C=O) groups excluding carboxylic acids is 1. The van der Waals surface area contributed by atoms with Crippen molar-refractivity contribution in [2.45, 2.75) is 12.8 Å². The van der Waals surface area contributed by atoms with Crippen molar-refractivity contribution in [3.63, 3.8) is 0 Å². The molecule has 0 spiro atoms. The molecule has 1 aromatic rings. The van der Waals surface area contributed by atoms with Crippen LogP contribution in [0.2, 0.25) is 0 Å². The van der Waals surface area contributed by atoms with Crippen LogP contribution in [0, 0.1) is 0 Å². The molecule has 3 N–H and O–H groups in total. The summed E-state index contributed by atoms with van der Waals surface area (Å²) < 4.78 is 5.16. The number of benzene rings is 1. The van der Waals surface area contributed by atoms with Gasteiger partial charge in [0.05, 0.1) is 0 Å². The largest absolute Gasteiger partial charge is 0.479 e. The van der Waals surface area contributed by atoms with Gasteiger partial charge in [0.25, 0.3) is 0 Å². The molecule has 0 saturated carbocycles. The maximum atomic E-state index is 11.1. The summed E-state index contributed by atoms with van der Waals surface area (Å²) in [6.45, 7) is 0.172. The number of carbonyl (C=O) groups is 1. The first-order valence-corrected chi connectivity index (χ1v) is 4.55. The summed E-state index contributed by atoms with van der Waals surface area (Å²) in [4.78, 5) is 11.1. The minimum Gasteiger partial charge on any atom is -0.479 e. The number of anilines is 1. The van der Waals surface area contributed by atoms with Gasteiger partial charge in [0, 0.05) is 12.1 Å². The van der Waals surface area contributed by atoms with Crippen LogP contribution in [0.5, 0.6) is 5.75 Å². The first-order chi connectivity index (χ1) is 6.79. The lowest BCUT2D eigenvalue weighted by atomic mass is 10.0. The first-order valence-electron chi connectivity index (χ1n) is 4.55. The number of fused-ring (bicyclic) bond motifs is 1.